The molecule has 6 heteroatoms. The number of amides is 2. The molecule has 0 spiro atoms. The predicted molar refractivity (Wildman–Crippen MR) is 116 cm³/mol. The quantitative estimate of drug-likeness (QED) is 0.446. The molecule has 150 valence electrons. The number of fused-ring (bicyclic) bond motifs is 1. The summed E-state index contributed by atoms with van der Waals surface area (Å²) in [6.07, 6.45) is 3.64. The standard InChI is InChI=1S/C24H22N4O2/c29-23(20-11-10-18-8-4-5-9-19(18)12-20)28-24(30)22(13-21-15-25-16-27-21)26-14-17-6-2-1-3-7-17/h1-12,15-16,22,26H,13-14H2,(H,25,27)(H,28,29,30)/t22-/m0/s1. The molecule has 0 saturated carbocycles. The molecule has 0 unspecified atom stereocenters. The van der Waals surface area contributed by atoms with E-state index in [0.29, 0.717) is 18.5 Å². The van der Waals surface area contributed by atoms with Crippen LogP contribution in [0.1, 0.15) is 21.6 Å². The molecule has 1 heterocycles. The van der Waals surface area contributed by atoms with Crippen molar-refractivity contribution in [1.82, 2.24) is 20.6 Å². The number of aromatic nitrogens is 2. The number of imidazole rings is 1. The summed E-state index contributed by atoms with van der Waals surface area (Å²) in [5, 5.41) is 7.78. The number of rotatable bonds is 7. The van der Waals surface area contributed by atoms with Crippen LogP contribution in [-0.4, -0.2) is 27.8 Å². The van der Waals surface area contributed by atoms with Crippen LogP contribution in [0, 0.1) is 0 Å². The molecule has 0 aliphatic rings. The van der Waals surface area contributed by atoms with Gasteiger partial charge >= 0.3 is 0 Å². The summed E-state index contributed by atoms with van der Waals surface area (Å²) in [7, 11) is 0. The minimum absolute atomic E-state index is 0.376. The van der Waals surface area contributed by atoms with Gasteiger partial charge in [0.1, 0.15) is 0 Å². The van der Waals surface area contributed by atoms with Crippen LogP contribution in [-0.2, 0) is 17.8 Å². The van der Waals surface area contributed by atoms with Gasteiger partial charge < -0.3 is 10.3 Å². The highest BCUT2D eigenvalue weighted by Gasteiger charge is 2.22. The lowest BCUT2D eigenvalue weighted by atomic mass is 10.1. The normalized spacial score (nSPS) is 11.9. The van der Waals surface area contributed by atoms with Crippen LogP contribution in [0.15, 0.2) is 85.3 Å². The van der Waals surface area contributed by atoms with E-state index in [-0.39, 0.29) is 5.91 Å². The number of H-pyrrole nitrogens is 1. The Morgan fingerprint density at radius 1 is 0.933 bits per heavy atom. The largest absolute Gasteiger partial charge is 0.348 e. The van der Waals surface area contributed by atoms with Crippen LogP contribution in [0.3, 0.4) is 0 Å². The molecule has 0 aliphatic heterocycles. The van der Waals surface area contributed by atoms with Crippen molar-refractivity contribution in [2.45, 2.75) is 19.0 Å². The minimum Gasteiger partial charge on any atom is -0.348 e. The number of benzene rings is 3. The maximum atomic E-state index is 12.9. The number of hydrogen-bond acceptors (Lipinski definition) is 4. The highest BCUT2D eigenvalue weighted by molar-refractivity contribution is 6.07. The van der Waals surface area contributed by atoms with Gasteiger partial charge in [-0.1, -0.05) is 60.7 Å². The molecule has 2 amide bonds. The molecule has 0 fully saturated rings. The lowest BCUT2D eigenvalue weighted by Gasteiger charge is -2.17. The molecule has 3 aromatic carbocycles. The Hall–Kier alpha value is -3.77. The maximum absolute atomic E-state index is 12.9. The zero-order valence-corrected chi connectivity index (χ0v) is 16.3. The Labute approximate surface area is 174 Å². The van der Waals surface area contributed by atoms with Gasteiger partial charge in [-0.15, -0.1) is 0 Å². The van der Waals surface area contributed by atoms with Crippen molar-refractivity contribution in [3.63, 3.8) is 0 Å². The van der Waals surface area contributed by atoms with Gasteiger partial charge in [-0.25, -0.2) is 4.98 Å². The number of carbonyl (C=O) groups is 2. The van der Waals surface area contributed by atoms with Gasteiger partial charge in [-0.05, 0) is 28.5 Å². The van der Waals surface area contributed by atoms with Gasteiger partial charge in [0.2, 0.25) is 5.91 Å². The average molecular weight is 398 g/mol. The Kier molecular flexibility index (Phi) is 5.96. The van der Waals surface area contributed by atoms with E-state index in [4.69, 9.17) is 0 Å². The summed E-state index contributed by atoms with van der Waals surface area (Å²) >= 11 is 0. The Morgan fingerprint density at radius 3 is 2.47 bits per heavy atom. The van der Waals surface area contributed by atoms with Gasteiger partial charge in [0.05, 0.1) is 12.4 Å². The van der Waals surface area contributed by atoms with Gasteiger partial charge in [0.25, 0.3) is 5.91 Å². The van der Waals surface area contributed by atoms with Crippen molar-refractivity contribution in [2.24, 2.45) is 0 Å². The first-order valence-corrected chi connectivity index (χ1v) is 9.77. The zero-order valence-electron chi connectivity index (χ0n) is 16.3. The Morgan fingerprint density at radius 2 is 1.70 bits per heavy atom. The fourth-order valence-corrected chi connectivity index (χ4v) is 3.31. The van der Waals surface area contributed by atoms with Crippen LogP contribution in [0.25, 0.3) is 10.8 Å². The van der Waals surface area contributed by atoms with Crippen molar-refractivity contribution >= 4 is 22.6 Å². The van der Waals surface area contributed by atoms with E-state index in [9.17, 15) is 9.59 Å². The molecule has 30 heavy (non-hydrogen) atoms. The highest BCUT2D eigenvalue weighted by Crippen LogP contribution is 2.15. The molecule has 6 nitrogen and oxygen atoms in total. The van der Waals surface area contributed by atoms with Crippen LogP contribution >= 0.6 is 0 Å². The van der Waals surface area contributed by atoms with Gasteiger partial charge in [0.15, 0.2) is 0 Å². The number of carbonyl (C=O) groups excluding carboxylic acids is 2. The first-order valence-electron chi connectivity index (χ1n) is 9.77. The summed E-state index contributed by atoms with van der Waals surface area (Å²) in [6, 6.07) is 22.4. The van der Waals surface area contributed by atoms with Crippen LogP contribution in [0.2, 0.25) is 0 Å². The minimum atomic E-state index is -0.588. The fraction of sp³-hybridized carbons (Fsp3) is 0.125. The number of imide groups is 1. The van der Waals surface area contributed by atoms with Gasteiger partial charge in [-0.3, -0.25) is 14.9 Å². The number of nitrogens with one attached hydrogen (secondary N) is 3. The molecule has 1 aromatic heterocycles. The Bertz CT molecular complexity index is 1140. The summed E-state index contributed by atoms with van der Waals surface area (Å²) < 4.78 is 0. The topological polar surface area (TPSA) is 86.9 Å². The third-order valence-electron chi connectivity index (χ3n) is 4.94. The lowest BCUT2D eigenvalue weighted by molar-refractivity contribution is -0.122. The third kappa shape index (κ3) is 4.79. The van der Waals surface area contributed by atoms with Crippen molar-refractivity contribution in [2.75, 3.05) is 0 Å². The molecule has 0 bridgehead atoms. The smallest absolute Gasteiger partial charge is 0.257 e. The molecular formula is C24H22N4O2. The molecule has 0 aliphatic carbocycles. The van der Waals surface area contributed by atoms with E-state index in [2.05, 4.69) is 20.6 Å². The molecule has 4 rings (SSSR count). The third-order valence-corrected chi connectivity index (χ3v) is 4.94. The first kappa shape index (κ1) is 19.5. The molecular weight excluding hydrogens is 376 g/mol. The van der Waals surface area contributed by atoms with Crippen molar-refractivity contribution < 1.29 is 9.59 Å². The monoisotopic (exact) mass is 398 g/mol. The molecule has 0 saturated heterocycles. The molecule has 4 aromatic rings. The lowest BCUT2D eigenvalue weighted by Crippen LogP contribution is -2.47. The SMILES string of the molecule is O=C(NC(=O)[C@H](Cc1cnc[nH]1)NCc1ccccc1)c1ccc2ccccc2c1. The average Bonchev–Trinajstić information content (AvgIpc) is 3.30. The summed E-state index contributed by atoms with van der Waals surface area (Å²) in [5.41, 5.74) is 2.32. The first-order chi connectivity index (χ1) is 14.7. The number of nitrogens with zero attached hydrogens (tertiary/aromatic N) is 1. The van der Waals surface area contributed by atoms with Crippen molar-refractivity contribution in [3.05, 3.63) is 102 Å². The van der Waals surface area contributed by atoms with Gasteiger partial charge in [-0.2, -0.15) is 0 Å². The van der Waals surface area contributed by atoms with E-state index >= 15 is 0 Å². The fourth-order valence-electron chi connectivity index (χ4n) is 3.31. The van der Waals surface area contributed by atoms with E-state index in [1.165, 1.54) is 0 Å². The number of hydrogen-bond donors (Lipinski definition) is 3. The van der Waals surface area contributed by atoms with Crippen LogP contribution in [0.5, 0.6) is 0 Å². The highest BCUT2D eigenvalue weighted by atomic mass is 16.2. The van der Waals surface area contributed by atoms with E-state index < -0.39 is 11.9 Å². The second-order valence-corrected chi connectivity index (χ2v) is 7.08. The zero-order chi connectivity index (χ0) is 20.8. The van der Waals surface area contributed by atoms with Crippen molar-refractivity contribution in [3.8, 4) is 0 Å². The van der Waals surface area contributed by atoms with E-state index in [0.717, 1.165) is 22.0 Å². The summed E-state index contributed by atoms with van der Waals surface area (Å²) in [4.78, 5) is 32.6. The van der Waals surface area contributed by atoms with E-state index in [1.54, 1.807) is 24.7 Å². The van der Waals surface area contributed by atoms with Crippen LogP contribution < -0.4 is 10.6 Å². The second kappa shape index (κ2) is 9.15. The maximum Gasteiger partial charge on any atom is 0.257 e. The van der Waals surface area contributed by atoms with E-state index in [1.807, 2.05) is 60.7 Å². The summed E-state index contributed by atoms with van der Waals surface area (Å²) in [6.45, 7) is 0.511. The molecule has 1 atom stereocenters. The Balaban J connectivity index is 1.47. The summed E-state index contributed by atoms with van der Waals surface area (Å²) in [5.74, 6) is -0.791. The second-order valence-electron chi connectivity index (χ2n) is 7.08. The number of aromatic amines is 1. The molecule has 0 radical (unpaired) electrons. The van der Waals surface area contributed by atoms with Crippen LogP contribution in [0.4, 0.5) is 0 Å². The van der Waals surface area contributed by atoms with Crippen molar-refractivity contribution in [1.29, 1.82) is 0 Å². The van der Waals surface area contributed by atoms with Gasteiger partial charge in [0, 0.05) is 30.4 Å². The predicted octanol–water partition coefficient (Wildman–Crippen LogP) is 3.22. The molecule has 3 N–H and O–H groups in total.